The molecule has 0 atom stereocenters. The fraction of sp³-hybridized carbons (Fsp3) is 0.643. The standard InChI is InChI=1S/C14H20OS/c1-11-8-9-14(16-11)13(15)10-12-6-4-2-3-5-7-12/h8-9,12H,2-7,10H2,1H3. The molecule has 1 aliphatic rings. The van der Waals surface area contributed by atoms with Gasteiger partial charge in [-0.2, -0.15) is 0 Å². The number of aryl methyl sites for hydroxylation is 1. The van der Waals surface area contributed by atoms with Gasteiger partial charge in [-0.1, -0.05) is 38.5 Å². The zero-order valence-electron chi connectivity index (χ0n) is 10.00. The van der Waals surface area contributed by atoms with Crippen molar-refractivity contribution >= 4 is 17.1 Å². The molecular weight excluding hydrogens is 216 g/mol. The summed E-state index contributed by atoms with van der Waals surface area (Å²) in [5, 5.41) is 0. The number of hydrogen-bond donors (Lipinski definition) is 0. The highest BCUT2D eigenvalue weighted by molar-refractivity contribution is 7.14. The number of rotatable bonds is 3. The Kier molecular flexibility index (Phi) is 4.16. The van der Waals surface area contributed by atoms with Gasteiger partial charge in [0, 0.05) is 11.3 Å². The van der Waals surface area contributed by atoms with Gasteiger partial charge in [-0.3, -0.25) is 4.79 Å². The molecule has 1 saturated carbocycles. The van der Waals surface area contributed by atoms with Gasteiger partial charge in [-0.15, -0.1) is 11.3 Å². The molecule has 1 nitrogen and oxygen atoms in total. The maximum Gasteiger partial charge on any atom is 0.173 e. The number of thiophene rings is 1. The number of carbonyl (C=O) groups is 1. The van der Waals surface area contributed by atoms with E-state index in [4.69, 9.17) is 0 Å². The van der Waals surface area contributed by atoms with Crippen LogP contribution >= 0.6 is 11.3 Å². The first-order valence-corrected chi connectivity index (χ1v) is 7.17. The van der Waals surface area contributed by atoms with Gasteiger partial charge in [-0.05, 0) is 25.0 Å². The van der Waals surface area contributed by atoms with Gasteiger partial charge in [-0.25, -0.2) is 0 Å². The molecule has 0 aliphatic heterocycles. The van der Waals surface area contributed by atoms with E-state index < -0.39 is 0 Å². The minimum absolute atomic E-state index is 0.366. The molecule has 0 aromatic carbocycles. The van der Waals surface area contributed by atoms with Gasteiger partial charge < -0.3 is 0 Å². The maximum atomic E-state index is 12.0. The van der Waals surface area contributed by atoms with Crippen LogP contribution in [0.25, 0.3) is 0 Å². The maximum absolute atomic E-state index is 12.0. The first-order chi connectivity index (χ1) is 7.75. The molecule has 1 aliphatic carbocycles. The third kappa shape index (κ3) is 3.18. The third-order valence-electron chi connectivity index (χ3n) is 3.46. The Morgan fingerprint density at radius 3 is 2.50 bits per heavy atom. The average molecular weight is 236 g/mol. The third-order valence-corrected chi connectivity index (χ3v) is 4.51. The zero-order valence-corrected chi connectivity index (χ0v) is 10.8. The average Bonchev–Trinajstić information content (AvgIpc) is 2.54. The second-order valence-electron chi connectivity index (χ2n) is 4.90. The van der Waals surface area contributed by atoms with Crippen LogP contribution in [0.4, 0.5) is 0 Å². The van der Waals surface area contributed by atoms with E-state index in [0.29, 0.717) is 11.7 Å². The van der Waals surface area contributed by atoms with Crippen molar-refractivity contribution in [3.8, 4) is 0 Å². The van der Waals surface area contributed by atoms with Crippen molar-refractivity contribution in [1.82, 2.24) is 0 Å². The van der Waals surface area contributed by atoms with Crippen molar-refractivity contribution in [2.45, 2.75) is 51.9 Å². The van der Waals surface area contributed by atoms with Gasteiger partial charge >= 0.3 is 0 Å². The second-order valence-corrected chi connectivity index (χ2v) is 6.18. The molecule has 1 aromatic rings. The van der Waals surface area contributed by atoms with Crippen LogP contribution in [0, 0.1) is 12.8 Å². The largest absolute Gasteiger partial charge is 0.293 e. The molecule has 88 valence electrons. The second kappa shape index (κ2) is 5.62. The topological polar surface area (TPSA) is 17.1 Å². The number of hydrogen-bond acceptors (Lipinski definition) is 2. The molecule has 0 unspecified atom stereocenters. The minimum atomic E-state index is 0.366. The summed E-state index contributed by atoms with van der Waals surface area (Å²) in [7, 11) is 0. The summed E-state index contributed by atoms with van der Waals surface area (Å²) < 4.78 is 0. The molecule has 0 radical (unpaired) electrons. The predicted octanol–water partition coefficient (Wildman–Crippen LogP) is 4.60. The Hall–Kier alpha value is -0.630. The van der Waals surface area contributed by atoms with Gasteiger partial charge in [0.1, 0.15) is 0 Å². The van der Waals surface area contributed by atoms with Crippen LogP contribution < -0.4 is 0 Å². The Morgan fingerprint density at radius 1 is 1.25 bits per heavy atom. The fourth-order valence-corrected chi connectivity index (χ4v) is 3.33. The summed E-state index contributed by atoms with van der Waals surface area (Å²) in [5.41, 5.74) is 0. The van der Waals surface area contributed by atoms with Crippen molar-refractivity contribution in [1.29, 1.82) is 0 Å². The lowest BCUT2D eigenvalue weighted by Gasteiger charge is -2.11. The van der Waals surface area contributed by atoms with E-state index in [1.807, 2.05) is 12.1 Å². The molecule has 2 rings (SSSR count). The van der Waals surface area contributed by atoms with Crippen molar-refractivity contribution in [2.75, 3.05) is 0 Å². The van der Waals surface area contributed by atoms with E-state index in [1.54, 1.807) is 11.3 Å². The Labute approximate surface area is 102 Å². The van der Waals surface area contributed by atoms with E-state index in [2.05, 4.69) is 6.92 Å². The first kappa shape index (κ1) is 11.8. The monoisotopic (exact) mass is 236 g/mol. The molecule has 0 bridgehead atoms. The molecule has 2 heteroatoms. The van der Waals surface area contributed by atoms with Crippen LogP contribution in [0.1, 0.15) is 59.5 Å². The fourth-order valence-electron chi connectivity index (χ4n) is 2.52. The molecule has 0 saturated heterocycles. The van der Waals surface area contributed by atoms with Crippen LogP contribution in [-0.2, 0) is 0 Å². The zero-order chi connectivity index (χ0) is 11.4. The summed E-state index contributed by atoms with van der Waals surface area (Å²) in [6, 6.07) is 4.03. The Bertz CT molecular complexity index is 345. The summed E-state index contributed by atoms with van der Waals surface area (Å²) in [5.74, 6) is 1.02. The Balaban J connectivity index is 1.90. The number of ketones is 1. The molecule has 1 aromatic heterocycles. The summed E-state index contributed by atoms with van der Waals surface area (Å²) in [6.45, 7) is 2.06. The highest BCUT2D eigenvalue weighted by Crippen LogP contribution is 2.28. The first-order valence-electron chi connectivity index (χ1n) is 6.35. The molecule has 1 heterocycles. The number of Topliss-reactive ketones (excluding diaryl/α,β-unsaturated/α-hetero) is 1. The summed E-state index contributed by atoms with van der Waals surface area (Å²) >= 11 is 1.64. The normalized spacial score (nSPS) is 18.3. The Morgan fingerprint density at radius 2 is 1.94 bits per heavy atom. The van der Waals surface area contributed by atoms with E-state index in [1.165, 1.54) is 43.4 Å². The van der Waals surface area contributed by atoms with Gasteiger partial charge in [0.05, 0.1) is 4.88 Å². The van der Waals surface area contributed by atoms with Crippen molar-refractivity contribution < 1.29 is 4.79 Å². The molecule has 0 spiro atoms. The van der Waals surface area contributed by atoms with Crippen LogP contribution in [0.3, 0.4) is 0 Å². The smallest absolute Gasteiger partial charge is 0.173 e. The van der Waals surface area contributed by atoms with Crippen molar-refractivity contribution in [3.63, 3.8) is 0 Å². The van der Waals surface area contributed by atoms with Crippen molar-refractivity contribution in [2.24, 2.45) is 5.92 Å². The summed E-state index contributed by atoms with van der Waals surface area (Å²) in [4.78, 5) is 14.2. The van der Waals surface area contributed by atoms with Crippen LogP contribution in [0.15, 0.2) is 12.1 Å². The van der Waals surface area contributed by atoms with Gasteiger partial charge in [0.15, 0.2) is 5.78 Å². The van der Waals surface area contributed by atoms with Gasteiger partial charge in [0.2, 0.25) is 0 Å². The molecule has 0 N–H and O–H groups in total. The highest BCUT2D eigenvalue weighted by atomic mass is 32.1. The minimum Gasteiger partial charge on any atom is -0.293 e. The molecular formula is C14H20OS. The summed E-state index contributed by atoms with van der Waals surface area (Å²) in [6.07, 6.45) is 8.67. The van der Waals surface area contributed by atoms with E-state index in [9.17, 15) is 4.79 Å². The SMILES string of the molecule is Cc1ccc(C(=O)CC2CCCCCC2)s1. The van der Waals surface area contributed by atoms with E-state index >= 15 is 0 Å². The lowest BCUT2D eigenvalue weighted by molar-refractivity contribution is 0.0961. The van der Waals surface area contributed by atoms with Gasteiger partial charge in [0.25, 0.3) is 0 Å². The predicted molar refractivity (Wildman–Crippen MR) is 69.2 cm³/mol. The molecule has 1 fully saturated rings. The van der Waals surface area contributed by atoms with E-state index in [0.717, 1.165) is 11.3 Å². The van der Waals surface area contributed by atoms with E-state index in [-0.39, 0.29) is 0 Å². The highest BCUT2D eigenvalue weighted by Gasteiger charge is 2.17. The molecule has 16 heavy (non-hydrogen) atoms. The van der Waals surface area contributed by atoms with Crippen molar-refractivity contribution in [3.05, 3.63) is 21.9 Å². The molecule has 0 amide bonds. The number of carbonyl (C=O) groups excluding carboxylic acids is 1. The van der Waals surface area contributed by atoms with Crippen LogP contribution in [0.2, 0.25) is 0 Å². The lowest BCUT2D eigenvalue weighted by atomic mass is 9.94. The van der Waals surface area contributed by atoms with Crippen LogP contribution in [0.5, 0.6) is 0 Å². The van der Waals surface area contributed by atoms with Crippen LogP contribution in [-0.4, -0.2) is 5.78 Å². The quantitative estimate of drug-likeness (QED) is 0.553. The lowest BCUT2D eigenvalue weighted by Crippen LogP contribution is -2.07.